The van der Waals surface area contributed by atoms with Crippen LogP contribution in [0.15, 0.2) is 65.9 Å². The summed E-state index contributed by atoms with van der Waals surface area (Å²) in [5.41, 5.74) is 3.45. The number of rotatable bonds is 6. The molecule has 1 N–H and O–H groups in total. The van der Waals surface area contributed by atoms with Gasteiger partial charge >= 0.3 is 0 Å². The predicted molar refractivity (Wildman–Crippen MR) is 111 cm³/mol. The number of guanidine groups is 1. The third-order valence-electron chi connectivity index (χ3n) is 4.62. The second-order valence-electron chi connectivity index (χ2n) is 6.81. The Morgan fingerprint density at radius 2 is 1.89 bits per heavy atom. The van der Waals surface area contributed by atoms with Gasteiger partial charge in [0.1, 0.15) is 11.6 Å². The molecule has 2 aromatic carbocycles. The van der Waals surface area contributed by atoms with Gasteiger partial charge in [-0.1, -0.05) is 36.4 Å². The van der Waals surface area contributed by atoms with E-state index in [0.29, 0.717) is 13.1 Å². The van der Waals surface area contributed by atoms with Crippen molar-refractivity contribution in [3.63, 3.8) is 0 Å². The molecule has 0 bridgehead atoms. The summed E-state index contributed by atoms with van der Waals surface area (Å²) < 4.78 is 15.2. The molecule has 146 valence electrons. The van der Waals surface area contributed by atoms with E-state index in [1.165, 1.54) is 23.3 Å². The van der Waals surface area contributed by atoms with Gasteiger partial charge in [0.15, 0.2) is 5.96 Å². The Hall–Kier alpha value is -3.15. The van der Waals surface area contributed by atoms with Gasteiger partial charge in [0.25, 0.3) is 0 Å². The summed E-state index contributed by atoms with van der Waals surface area (Å²) in [7, 11) is 3.73. The molecular weight excluding hydrogens is 353 g/mol. The molecule has 0 aliphatic carbocycles. The van der Waals surface area contributed by atoms with Crippen LogP contribution in [0, 0.1) is 12.7 Å². The number of hydrogen-bond donors (Lipinski definition) is 1. The molecular formula is C22H26FN5. The second-order valence-corrected chi connectivity index (χ2v) is 6.81. The summed E-state index contributed by atoms with van der Waals surface area (Å²) in [4.78, 5) is 10.6. The smallest absolute Gasteiger partial charge is 0.193 e. The third-order valence-corrected chi connectivity index (χ3v) is 4.62. The van der Waals surface area contributed by atoms with Crippen molar-refractivity contribution in [2.45, 2.75) is 26.6 Å². The summed E-state index contributed by atoms with van der Waals surface area (Å²) in [5, 5.41) is 3.40. The number of aromatic nitrogens is 2. The maximum absolute atomic E-state index is 13.1. The molecule has 0 spiro atoms. The number of nitrogens with zero attached hydrogens (tertiary/aromatic N) is 4. The van der Waals surface area contributed by atoms with Crippen LogP contribution in [0.4, 0.5) is 4.39 Å². The minimum atomic E-state index is -0.223. The van der Waals surface area contributed by atoms with Gasteiger partial charge in [-0.15, -0.1) is 0 Å². The monoisotopic (exact) mass is 379 g/mol. The normalized spacial score (nSPS) is 11.5. The van der Waals surface area contributed by atoms with Gasteiger partial charge in [-0.25, -0.2) is 9.37 Å². The van der Waals surface area contributed by atoms with E-state index in [-0.39, 0.29) is 5.82 Å². The molecule has 0 radical (unpaired) electrons. The molecule has 3 rings (SSSR count). The number of hydrogen-bond acceptors (Lipinski definition) is 2. The third kappa shape index (κ3) is 5.19. The van der Waals surface area contributed by atoms with E-state index >= 15 is 0 Å². The fourth-order valence-electron chi connectivity index (χ4n) is 3.11. The Morgan fingerprint density at radius 1 is 1.14 bits per heavy atom. The first-order valence-corrected chi connectivity index (χ1v) is 9.27. The van der Waals surface area contributed by atoms with Crippen molar-refractivity contribution in [1.29, 1.82) is 0 Å². The lowest BCUT2D eigenvalue weighted by Crippen LogP contribution is -2.38. The number of aliphatic imine (C=N–C) groups is 1. The highest BCUT2D eigenvalue weighted by Gasteiger charge is 2.07. The summed E-state index contributed by atoms with van der Waals surface area (Å²) in [6, 6.07) is 15.0. The molecule has 1 heterocycles. The van der Waals surface area contributed by atoms with E-state index in [9.17, 15) is 4.39 Å². The topological polar surface area (TPSA) is 45.5 Å². The van der Waals surface area contributed by atoms with Crippen LogP contribution in [-0.2, 0) is 19.6 Å². The standard InChI is InChI=1S/C22H26FN5/c1-17-25-11-12-28(17)16-20-6-4-5-19(13-20)14-26-22(24-2)27(3)15-18-7-9-21(23)10-8-18/h4-13H,14-16H2,1-3H3,(H,24,26). The molecule has 1 aromatic heterocycles. The first-order chi connectivity index (χ1) is 13.5. The molecule has 0 atom stereocenters. The Kier molecular flexibility index (Phi) is 6.42. The van der Waals surface area contributed by atoms with E-state index in [0.717, 1.165) is 23.9 Å². The van der Waals surface area contributed by atoms with Gasteiger partial charge in [0, 0.05) is 46.1 Å². The molecule has 28 heavy (non-hydrogen) atoms. The number of benzene rings is 2. The maximum Gasteiger partial charge on any atom is 0.193 e. The SMILES string of the molecule is CN=C(NCc1cccc(Cn2ccnc2C)c1)N(C)Cc1ccc(F)cc1. The van der Waals surface area contributed by atoms with Crippen LogP contribution >= 0.6 is 0 Å². The molecule has 0 saturated heterocycles. The highest BCUT2D eigenvalue weighted by molar-refractivity contribution is 5.79. The highest BCUT2D eigenvalue weighted by Crippen LogP contribution is 2.10. The zero-order valence-corrected chi connectivity index (χ0v) is 16.6. The van der Waals surface area contributed by atoms with Crippen LogP contribution in [0.25, 0.3) is 0 Å². The van der Waals surface area contributed by atoms with Gasteiger partial charge in [-0.3, -0.25) is 4.99 Å². The lowest BCUT2D eigenvalue weighted by Gasteiger charge is -2.22. The van der Waals surface area contributed by atoms with Gasteiger partial charge < -0.3 is 14.8 Å². The number of aryl methyl sites for hydroxylation is 1. The van der Waals surface area contributed by atoms with Crippen LogP contribution < -0.4 is 5.32 Å². The molecule has 0 amide bonds. The van der Waals surface area contributed by atoms with Crippen molar-refractivity contribution in [1.82, 2.24) is 19.8 Å². The zero-order chi connectivity index (χ0) is 19.9. The molecule has 5 nitrogen and oxygen atoms in total. The van der Waals surface area contributed by atoms with Crippen LogP contribution in [0.2, 0.25) is 0 Å². The fourth-order valence-corrected chi connectivity index (χ4v) is 3.11. The average molecular weight is 379 g/mol. The van der Waals surface area contributed by atoms with E-state index < -0.39 is 0 Å². The summed E-state index contributed by atoms with van der Waals surface area (Å²) in [5.74, 6) is 1.58. The van der Waals surface area contributed by atoms with E-state index in [4.69, 9.17) is 0 Å². The Bertz CT molecular complexity index is 930. The average Bonchev–Trinajstić information content (AvgIpc) is 3.09. The van der Waals surface area contributed by atoms with Gasteiger partial charge in [-0.05, 0) is 35.7 Å². The van der Waals surface area contributed by atoms with Crippen LogP contribution in [0.1, 0.15) is 22.5 Å². The summed E-state index contributed by atoms with van der Waals surface area (Å²) >= 11 is 0. The quantitative estimate of drug-likeness (QED) is 0.526. The first kappa shape index (κ1) is 19.6. The molecule has 3 aromatic rings. The predicted octanol–water partition coefficient (Wildman–Crippen LogP) is 3.59. The molecule has 0 aliphatic rings. The van der Waals surface area contributed by atoms with E-state index in [1.807, 2.05) is 31.3 Å². The van der Waals surface area contributed by atoms with Crippen LogP contribution in [0.3, 0.4) is 0 Å². The first-order valence-electron chi connectivity index (χ1n) is 9.27. The van der Waals surface area contributed by atoms with Crippen molar-refractivity contribution in [2.24, 2.45) is 4.99 Å². The number of imidazole rings is 1. The number of halogens is 1. The number of nitrogens with one attached hydrogen (secondary N) is 1. The Balaban J connectivity index is 1.59. The summed E-state index contributed by atoms with van der Waals surface area (Å²) in [6.45, 7) is 4.14. The second kappa shape index (κ2) is 9.17. The molecule has 0 aliphatic heterocycles. The van der Waals surface area contributed by atoms with Gasteiger partial charge in [-0.2, -0.15) is 0 Å². The van der Waals surface area contributed by atoms with Crippen molar-refractivity contribution >= 4 is 5.96 Å². The molecule has 0 fully saturated rings. The van der Waals surface area contributed by atoms with E-state index in [1.54, 1.807) is 19.2 Å². The van der Waals surface area contributed by atoms with Gasteiger partial charge in [0.2, 0.25) is 0 Å². The molecule has 0 unspecified atom stereocenters. The van der Waals surface area contributed by atoms with Crippen molar-refractivity contribution in [2.75, 3.05) is 14.1 Å². The van der Waals surface area contributed by atoms with Gasteiger partial charge in [0.05, 0.1) is 0 Å². The van der Waals surface area contributed by atoms with Crippen LogP contribution in [-0.4, -0.2) is 34.5 Å². The largest absolute Gasteiger partial charge is 0.352 e. The van der Waals surface area contributed by atoms with Crippen molar-refractivity contribution < 1.29 is 4.39 Å². The zero-order valence-electron chi connectivity index (χ0n) is 16.6. The Morgan fingerprint density at radius 3 is 2.57 bits per heavy atom. The minimum absolute atomic E-state index is 0.223. The van der Waals surface area contributed by atoms with E-state index in [2.05, 4.69) is 44.1 Å². The van der Waals surface area contributed by atoms with Crippen molar-refractivity contribution in [3.05, 3.63) is 89.3 Å². The summed E-state index contributed by atoms with van der Waals surface area (Å²) in [6.07, 6.45) is 3.81. The Labute approximate surface area is 165 Å². The minimum Gasteiger partial charge on any atom is -0.352 e. The highest BCUT2D eigenvalue weighted by atomic mass is 19.1. The maximum atomic E-state index is 13.1. The lowest BCUT2D eigenvalue weighted by molar-refractivity contribution is 0.476. The lowest BCUT2D eigenvalue weighted by atomic mass is 10.1. The molecule has 0 saturated carbocycles. The fraction of sp³-hybridized carbons (Fsp3) is 0.273. The van der Waals surface area contributed by atoms with Crippen molar-refractivity contribution in [3.8, 4) is 0 Å². The van der Waals surface area contributed by atoms with Crippen LogP contribution in [0.5, 0.6) is 0 Å². The molecule has 6 heteroatoms.